The Morgan fingerprint density at radius 2 is 1.95 bits per heavy atom. The van der Waals surface area contributed by atoms with Gasteiger partial charge in [-0.3, -0.25) is 14.5 Å². The predicted octanol–water partition coefficient (Wildman–Crippen LogP) is 4.89. The summed E-state index contributed by atoms with van der Waals surface area (Å²) in [6, 6.07) is 12.4. The summed E-state index contributed by atoms with van der Waals surface area (Å²) < 4.78 is 20.8. The maximum Gasteiger partial charge on any atom is 0.251 e. The molecule has 4 rings (SSSR count). The van der Waals surface area contributed by atoms with Crippen LogP contribution in [0.4, 0.5) is 4.39 Å². The van der Waals surface area contributed by atoms with Gasteiger partial charge >= 0.3 is 0 Å². The number of benzene rings is 2. The van der Waals surface area contributed by atoms with Gasteiger partial charge in [-0.15, -0.1) is 0 Å². The second-order valence-corrected chi connectivity index (χ2v) is 10.3. The monoisotopic (exact) mass is 507 g/mol. The molecule has 6 nitrogen and oxygen atoms in total. The quantitative estimate of drug-likeness (QED) is 0.465. The maximum absolute atomic E-state index is 14.5. The summed E-state index contributed by atoms with van der Waals surface area (Å²) in [5, 5.41) is 3.01. The Labute approximate surface area is 219 Å². The molecule has 1 aliphatic carbocycles. The van der Waals surface area contributed by atoms with Crippen molar-refractivity contribution in [1.29, 1.82) is 0 Å². The van der Waals surface area contributed by atoms with Gasteiger partial charge in [-0.1, -0.05) is 38.0 Å². The number of piperazine rings is 1. The number of carbonyl (C=O) groups is 2. The Morgan fingerprint density at radius 1 is 1.19 bits per heavy atom. The van der Waals surface area contributed by atoms with Gasteiger partial charge in [-0.05, 0) is 73.7 Å². The molecule has 1 saturated carbocycles. The third kappa shape index (κ3) is 6.98. The zero-order valence-electron chi connectivity index (χ0n) is 21.9. The molecule has 2 atom stereocenters. The lowest BCUT2D eigenvalue weighted by molar-refractivity contribution is -0.130. The Morgan fingerprint density at radius 3 is 2.57 bits per heavy atom. The first-order valence-corrected chi connectivity index (χ1v) is 13.3. The summed E-state index contributed by atoms with van der Waals surface area (Å²) in [5.41, 5.74) is 1.93. The molecule has 2 fully saturated rings. The third-order valence-electron chi connectivity index (χ3n) is 7.62. The fourth-order valence-corrected chi connectivity index (χ4v) is 5.02. The molecule has 2 amide bonds. The van der Waals surface area contributed by atoms with E-state index >= 15 is 0 Å². The van der Waals surface area contributed by atoms with Crippen LogP contribution in [0.15, 0.2) is 55.1 Å². The molecule has 0 aromatic heterocycles. The number of aryl methyl sites for hydroxylation is 1. The van der Waals surface area contributed by atoms with E-state index in [0.717, 1.165) is 17.9 Å². The van der Waals surface area contributed by atoms with Crippen molar-refractivity contribution in [2.45, 2.75) is 51.7 Å². The van der Waals surface area contributed by atoms with E-state index < -0.39 is 6.10 Å². The number of hydrogen-bond acceptors (Lipinski definition) is 4. The minimum absolute atomic E-state index is 0.0386. The molecule has 1 saturated heterocycles. The zero-order chi connectivity index (χ0) is 26.4. The van der Waals surface area contributed by atoms with Crippen molar-refractivity contribution in [3.8, 4) is 5.75 Å². The highest BCUT2D eigenvalue weighted by Gasteiger charge is 2.28. The van der Waals surface area contributed by atoms with Gasteiger partial charge in [0.05, 0.1) is 0 Å². The molecule has 1 heterocycles. The van der Waals surface area contributed by atoms with Crippen LogP contribution < -0.4 is 10.1 Å². The number of carbonyl (C=O) groups excluding carboxylic acids is 2. The number of nitrogens with one attached hydrogen (secondary N) is 1. The summed E-state index contributed by atoms with van der Waals surface area (Å²) in [5.74, 6) is 0.963. The van der Waals surface area contributed by atoms with E-state index in [-0.39, 0.29) is 23.7 Å². The predicted molar refractivity (Wildman–Crippen MR) is 143 cm³/mol. The van der Waals surface area contributed by atoms with Crippen molar-refractivity contribution in [1.82, 2.24) is 15.1 Å². The summed E-state index contributed by atoms with van der Waals surface area (Å²) in [4.78, 5) is 28.7. The van der Waals surface area contributed by atoms with Gasteiger partial charge in [-0.2, -0.15) is 0 Å². The fourth-order valence-electron chi connectivity index (χ4n) is 5.02. The number of hydrogen-bond donors (Lipinski definition) is 1. The van der Waals surface area contributed by atoms with Crippen LogP contribution in [-0.4, -0.2) is 60.4 Å². The topological polar surface area (TPSA) is 61.9 Å². The zero-order valence-corrected chi connectivity index (χ0v) is 21.9. The van der Waals surface area contributed by atoms with E-state index in [1.165, 1.54) is 31.4 Å². The lowest BCUT2D eigenvalue weighted by atomic mass is 9.83. The van der Waals surface area contributed by atoms with Crippen molar-refractivity contribution < 1.29 is 18.7 Å². The highest BCUT2D eigenvalue weighted by molar-refractivity contribution is 5.94. The second kappa shape index (κ2) is 12.4. The molecule has 2 aromatic carbocycles. The first-order chi connectivity index (χ1) is 17.8. The van der Waals surface area contributed by atoms with Gasteiger partial charge < -0.3 is 15.0 Å². The van der Waals surface area contributed by atoms with Crippen LogP contribution in [0.3, 0.4) is 0 Å². The average Bonchev–Trinajstić information content (AvgIpc) is 2.86. The van der Waals surface area contributed by atoms with Crippen LogP contribution in [0.2, 0.25) is 0 Å². The van der Waals surface area contributed by atoms with Gasteiger partial charge in [0, 0.05) is 44.3 Å². The molecule has 0 bridgehead atoms. The summed E-state index contributed by atoms with van der Waals surface area (Å²) in [6.07, 6.45) is 5.83. The largest absolute Gasteiger partial charge is 0.484 e. The third-order valence-corrected chi connectivity index (χ3v) is 7.62. The molecule has 1 N–H and O–H groups in total. The van der Waals surface area contributed by atoms with E-state index in [4.69, 9.17) is 4.74 Å². The van der Waals surface area contributed by atoms with Gasteiger partial charge in [-0.25, -0.2) is 4.39 Å². The van der Waals surface area contributed by atoms with Crippen LogP contribution in [-0.2, 0) is 4.79 Å². The van der Waals surface area contributed by atoms with E-state index in [1.807, 2.05) is 17.9 Å². The first kappa shape index (κ1) is 26.9. The molecule has 0 spiro atoms. The molecular weight excluding hydrogens is 469 g/mol. The van der Waals surface area contributed by atoms with E-state index in [1.54, 1.807) is 37.3 Å². The Balaban J connectivity index is 1.42. The molecule has 0 unspecified atom stereocenters. The second-order valence-electron chi connectivity index (χ2n) is 10.3. The van der Waals surface area contributed by atoms with Gasteiger partial charge in [0.25, 0.3) is 5.91 Å². The molecular formula is C30H38FN3O3. The van der Waals surface area contributed by atoms with E-state index in [0.29, 0.717) is 49.6 Å². The highest BCUT2D eigenvalue weighted by Crippen LogP contribution is 2.29. The smallest absolute Gasteiger partial charge is 0.251 e. The SMILES string of the molecule is C=CC(=O)N1CCN(C[C@@H](Oc2ccc(C(=O)NCCC3CCC3)cc2)c2ccc(C)c(F)c2)C[C@H]1C. The minimum atomic E-state index is -0.411. The van der Waals surface area contributed by atoms with Gasteiger partial charge in [0.15, 0.2) is 0 Å². The van der Waals surface area contributed by atoms with Gasteiger partial charge in [0.1, 0.15) is 17.7 Å². The summed E-state index contributed by atoms with van der Waals surface area (Å²) in [6.45, 7) is 10.6. The Bertz CT molecular complexity index is 1100. The molecule has 7 heteroatoms. The number of rotatable bonds is 10. The van der Waals surface area contributed by atoms with Crippen LogP contribution >= 0.6 is 0 Å². The number of amides is 2. The molecule has 37 heavy (non-hydrogen) atoms. The Hall–Kier alpha value is -3.19. The number of ether oxygens (including phenoxy) is 1. The molecule has 2 aliphatic rings. The number of nitrogens with zero attached hydrogens (tertiary/aromatic N) is 2. The van der Waals surface area contributed by atoms with Crippen LogP contribution in [0.25, 0.3) is 0 Å². The fraction of sp³-hybridized carbons (Fsp3) is 0.467. The lowest BCUT2D eigenvalue weighted by Crippen LogP contribution is -2.54. The normalized spacial score (nSPS) is 19.1. The summed E-state index contributed by atoms with van der Waals surface area (Å²) >= 11 is 0. The van der Waals surface area contributed by atoms with E-state index in [2.05, 4.69) is 16.8 Å². The lowest BCUT2D eigenvalue weighted by Gasteiger charge is -2.40. The average molecular weight is 508 g/mol. The standard InChI is InChI=1S/C30H38FN3O3/c1-4-29(35)34-17-16-33(19-22(34)3)20-28(25-9-8-21(2)27(31)18-25)37-26-12-10-24(11-13-26)30(36)32-15-14-23-6-5-7-23/h4,8-13,18,22-23,28H,1,5-7,14-17,19-20H2,2-3H3,(H,32,36)/t22-,28-/m1/s1. The minimum Gasteiger partial charge on any atom is -0.484 e. The first-order valence-electron chi connectivity index (χ1n) is 13.3. The van der Waals surface area contributed by atoms with Crippen molar-refractivity contribution >= 4 is 11.8 Å². The summed E-state index contributed by atoms with van der Waals surface area (Å²) in [7, 11) is 0. The molecule has 0 radical (unpaired) electrons. The van der Waals surface area contributed by atoms with Crippen LogP contribution in [0.1, 0.15) is 60.2 Å². The number of halogens is 1. The molecule has 2 aromatic rings. The van der Waals surface area contributed by atoms with Crippen molar-refractivity contribution in [2.24, 2.45) is 5.92 Å². The van der Waals surface area contributed by atoms with Crippen molar-refractivity contribution in [3.05, 3.63) is 77.6 Å². The van der Waals surface area contributed by atoms with E-state index in [9.17, 15) is 14.0 Å². The van der Waals surface area contributed by atoms with Crippen LogP contribution in [0.5, 0.6) is 5.75 Å². The van der Waals surface area contributed by atoms with Gasteiger partial charge in [0.2, 0.25) is 5.91 Å². The van der Waals surface area contributed by atoms with Crippen LogP contribution in [0, 0.1) is 18.7 Å². The maximum atomic E-state index is 14.5. The highest BCUT2D eigenvalue weighted by atomic mass is 19.1. The van der Waals surface area contributed by atoms with Crippen molar-refractivity contribution in [2.75, 3.05) is 32.7 Å². The molecule has 198 valence electrons. The Kier molecular flexibility index (Phi) is 8.98. The molecule has 1 aliphatic heterocycles. The van der Waals surface area contributed by atoms with Crippen molar-refractivity contribution in [3.63, 3.8) is 0 Å².